The summed E-state index contributed by atoms with van der Waals surface area (Å²) in [5.41, 5.74) is 1.03. The molecular formula is C14H21N3O2S. The molecule has 0 unspecified atom stereocenters. The van der Waals surface area contributed by atoms with Gasteiger partial charge in [0.1, 0.15) is 0 Å². The van der Waals surface area contributed by atoms with E-state index in [1.165, 1.54) is 17.1 Å². The van der Waals surface area contributed by atoms with E-state index in [1.54, 1.807) is 19.3 Å². The Morgan fingerprint density at radius 1 is 1.30 bits per heavy atom. The molecule has 0 atom stereocenters. The summed E-state index contributed by atoms with van der Waals surface area (Å²) in [5, 5.41) is 3.54. The van der Waals surface area contributed by atoms with Crippen LogP contribution in [0.5, 0.6) is 0 Å². The van der Waals surface area contributed by atoms with Crippen molar-refractivity contribution in [2.75, 3.05) is 13.6 Å². The van der Waals surface area contributed by atoms with Crippen LogP contribution in [0.3, 0.4) is 0 Å². The molecule has 0 aromatic carbocycles. The summed E-state index contributed by atoms with van der Waals surface area (Å²) in [6.07, 6.45) is 6.42. The molecular weight excluding hydrogens is 274 g/mol. The number of hydrogen-bond acceptors (Lipinski definition) is 4. The lowest BCUT2D eigenvalue weighted by molar-refractivity contribution is 0.450. The second kappa shape index (κ2) is 5.42. The number of aromatic nitrogens is 1. The molecule has 20 heavy (non-hydrogen) atoms. The lowest BCUT2D eigenvalue weighted by Gasteiger charge is -2.16. The largest absolute Gasteiger partial charge is 0.310 e. The number of nitrogens with zero attached hydrogens (tertiary/aromatic N) is 2. The zero-order valence-electron chi connectivity index (χ0n) is 11.7. The fourth-order valence-electron chi connectivity index (χ4n) is 2.14. The number of nitrogens with one attached hydrogen (secondary N) is 1. The van der Waals surface area contributed by atoms with Gasteiger partial charge in [-0.3, -0.25) is 0 Å². The van der Waals surface area contributed by atoms with E-state index in [0.29, 0.717) is 18.5 Å². The van der Waals surface area contributed by atoms with E-state index < -0.39 is 10.0 Å². The van der Waals surface area contributed by atoms with Crippen molar-refractivity contribution in [1.82, 2.24) is 14.6 Å². The summed E-state index contributed by atoms with van der Waals surface area (Å²) in [4.78, 5) is 4.13. The fourth-order valence-corrected chi connectivity index (χ4v) is 3.29. The highest BCUT2D eigenvalue weighted by molar-refractivity contribution is 7.89. The van der Waals surface area contributed by atoms with E-state index in [2.05, 4.69) is 10.3 Å². The third kappa shape index (κ3) is 3.37. The van der Waals surface area contributed by atoms with Crippen molar-refractivity contribution in [2.45, 2.75) is 43.3 Å². The van der Waals surface area contributed by atoms with Crippen molar-refractivity contribution in [3.05, 3.63) is 23.9 Å². The van der Waals surface area contributed by atoms with E-state index >= 15 is 0 Å². The Balaban J connectivity index is 1.65. The van der Waals surface area contributed by atoms with Gasteiger partial charge in [0.25, 0.3) is 10.0 Å². The summed E-state index contributed by atoms with van der Waals surface area (Å²) in [5.74, 6) is 0.539. The molecule has 5 nitrogen and oxygen atoms in total. The van der Waals surface area contributed by atoms with E-state index in [-0.39, 0.29) is 5.03 Å². The van der Waals surface area contributed by atoms with Gasteiger partial charge in [0.2, 0.25) is 0 Å². The molecule has 2 aliphatic carbocycles. The van der Waals surface area contributed by atoms with Gasteiger partial charge < -0.3 is 5.32 Å². The molecule has 1 aromatic rings. The van der Waals surface area contributed by atoms with Gasteiger partial charge in [0, 0.05) is 32.4 Å². The van der Waals surface area contributed by atoms with Crippen LogP contribution in [0.1, 0.15) is 31.2 Å². The minimum Gasteiger partial charge on any atom is -0.310 e. The van der Waals surface area contributed by atoms with Gasteiger partial charge in [-0.25, -0.2) is 13.4 Å². The predicted molar refractivity (Wildman–Crippen MR) is 76.6 cm³/mol. The molecule has 3 rings (SSSR count). The first kappa shape index (κ1) is 14.0. The summed E-state index contributed by atoms with van der Waals surface area (Å²) >= 11 is 0. The van der Waals surface area contributed by atoms with Crippen LogP contribution in [0.25, 0.3) is 0 Å². The zero-order valence-corrected chi connectivity index (χ0v) is 12.6. The third-order valence-corrected chi connectivity index (χ3v) is 5.60. The molecule has 0 aliphatic heterocycles. The fraction of sp³-hybridized carbons (Fsp3) is 0.643. The molecule has 1 heterocycles. The van der Waals surface area contributed by atoms with Crippen molar-refractivity contribution in [2.24, 2.45) is 5.92 Å². The van der Waals surface area contributed by atoms with Crippen molar-refractivity contribution >= 4 is 10.0 Å². The van der Waals surface area contributed by atoms with E-state index in [1.807, 2.05) is 6.07 Å². The number of sulfonamides is 1. The van der Waals surface area contributed by atoms with Crippen LogP contribution < -0.4 is 5.32 Å². The highest BCUT2D eigenvalue weighted by Crippen LogP contribution is 2.30. The van der Waals surface area contributed by atoms with Crippen molar-refractivity contribution in [1.29, 1.82) is 0 Å². The second-order valence-corrected chi connectivity index (χ2v) is 7.88. The Hall–Kier alpha value is -0.980. The second-order valence-electron chi connectivity index (χ2n) is 5.89. The predicted octanol–water partition coefficient (Wildman–Crippen LogP) is 1.36. The normalized spacial score (nSPS) is 19.5. The lowest BCUT2D eigenvalue weighted by Crippen LogP contribution is -2.29. The Labute approximate surface area is 120 Å². The van der Waals surface area contributed by atoms with Crippen LogP contribution in [0, 0.1) is 5.92 Å². The number of rotatable bonds is 7. The van der Waals surface area contributed by atoms with Gasteiger partial charge in [-0.2, -0.15) is 4.31 Å². The van der Waals surface area contributed by atoms with Crippen LogP contribution in [-0.4, -0.2) is 37.3 Å². The topological polar surface area (TPSA) is 62.3 Å². The smallest absolute Gasteiger partial charge is 0.260 e. The van der Waals surface area contributed by atoms with Gasteiger partial charge in [0.05, 0.1) is 0 Å². The molecule has 1 aromatic heterocycles. The average molecular weight is 295 g/mol. The molecule has 2 fully saturated rings. The number of pyridine rings is 1. The number of hydrogen-bond donors (Lipinski definition) is 1. The van der Waals surface area contributed by atoms with Crippen LogP contribution in [0.4, 0.5) is 0 Å². The van der Waals surface area contributed by atoms with Crippen molar-refractivity contribution in [3.63, 3.8) is 0 Å². The van der Waals surface area contributed by atoms with Crippen molar-refractivity contribution < 1.29 is 8.42 Å². The molecule has 2 aliphatic rings. The first-order valence-corrected chi connectivity index (χ1v) is 8.64. The van der Waals surface area contributed by atoms with E-state index in [0.717, 1.165) is 24.9 Å². The maximum absolute atomic E-state index is 12.3. The minimum absolute atomic E-state index is 0.149. The third-order valence-electron chi connectivity index (χ3n) is 3.86. The Morgan fingerprint density at radius 3 is 2.60 bits per heavy atom. The summed E-state index contributed by atoms with van der Waals surface area (Å²) in [6, 6.07) is 4.10. The molecule has 2 saturated carbocycles. The summed E-state index contributed by atoms with van der Waals surface area (Å²) in [6.45, 7) is 1.37. The Kier molecular flexibility index (Phi) is 3.79. The van der Waals surface area contributed by atoms with E-state index in [4.69, 9.17) is 0 Å². The van der Waals surface area contributed by atoms with Crippen LogP contribution in [0.2, 0.25) is 0 Å². The maximum atomic E-state index is 12.3. The average Bonchev–Trinajstić information content (AvgIpc) is 3.31. The molecule has 0 bridgehead atoms. The van der Waals surface area contributed by atoms with Gasteiger partial charge in [0.15, 0.2) is 5.03 Å². The van der Waals surface area contributed by atoms with Crippen molar-refractivity contribution in [3.8, 4) is 0 Å². The first-order valence-electron chi connectivity index (χ1n) is 7.20. The van der Waals surface area contributed by atoms with Gasteiger partial charge in [-0.1, -0.05) is 6.07 Å². The van der Waals surface area contributed by atoms with E-state index in [9.17, 15) is 8.42 Å². The lowest BCUT2D eigenvalue weighted by atomic mass is 10.3. The molecule has 6 heteroatoms. The Morgan fingerprint density at radius 2 is 2.05 bits per heavy atom. The standard InChI is InChI=1S/C14H21N3O2S/c1-17(10-11-2-3-11)20(18,19)14-7-4-12(9-16-14)8-15-13-5-6-13/h4,7,9,11,13,15H,2-3,5-6,8,10H2,1H3. The SMILES string of the molecule is CN(CC1CC1)S(=O)(=O)c1ccc(CNC2CC2)cn1. The Bertz CT molecular complexity index is 563. The molecule has 0 radical (unpaired) electrons. The van der Waals surface area contributed by atoms with Gasteiger partial charge in [-0.15, -0.1) is 0 Å². The van der Waals surface area contributed by atoms with Crippen LogP contribution in [0.15, 0.2) is 23.4 Å². The molecule has 0 saturated heterocycles. The summed E-state index contributed by atoms with van der Waals surface area (Å²) < 4.78 is 26.1. The van der Waals surface area contributed by atoms with Crippen LogP contribution >= 0.6 is 0 Å². The quantitative estimate of drug-likeness (QED) is 0.825. The molecule has 0 amide bonds. The molecule has 110 valence electrons. The summed E-state index contributed by atoms with van der Waals surface area (Å²) in [7, 11) is -1.79. The highest BCUT2D eigenvalue weighted by atomic mass is 32.2. The molecule has 1 N–H and O–H groups in total. The minimum atomic E-state index is -3.43. The highest BCUT2D eigenvalue weighted by Gasteiger charge is 2.29. The van der Waals surface area contributed by atoms with Gasteiger partial charge >= 0.3 is 0 Å². The monoisotopic (exact) mass is 295 g/mol. The van der Waals surface area contributed by atoms with Crippen LogP contribution in [-0.2, 0) is 16.6 Å². The maximum Gasteiger partial charge on any atom is 0.260 e. The zero-order chi connectivity index (χ0) is 14.2. The first-order chi connectivity index (χ1) is 9.55. The van der Waals surface area contributed by atoms with Gasteiger partial charge in [-0.05, 0) is 43.2 Å². The molecule has 0 spiro atoms.